The number of likely N-dealkylation sites (tertiary alicyclic amines) is 1. The molecule has 0 aliphatic carbocycles. The molecule has 1 aromatic rings. The van der Waals surface area contributed by atoms with Crippen molar-refractivity contribution in [3.63, 3.8) is 0 Å². The normalized spacial score (nSPS) is 19.8. The molecule has 0 saturated carbocycles. The highest BCUT2D eigenvalue weighted by molar-refractivity contribution is 6.34. The summed E-state index contributed by atoms with van der Waals surface area (Å²) in [7, 11) is 5.59. The molecule has 0 unspecified atom stereocenters. The maximum Gasteiger partial charge on any atom is 0.254 e. The van der Waals surface area contributed by atoms with E-state index in [0.717, 1.165) is 37.9 Å². The Morgan fingerprint density at radius 2 is 1.88 bits per heavy atom. The number of piperidine rings is 1. The zero-order valence-electron chi connectivity index (χ0n) is 14.8. The lowest BCUT2D eigenvalue weighted by molar-refractivity contribution is 0.0734. The molecule has 6 heteroatoms. The van der Waals surface area contributed by atoms with Gasteiger partial charge in [-0.1, -0.05) is 11.6 Å². The Bertz CT molecular complexity index is 595. The SMILES string of the molecule is CN(C)C(=O)c1ccc(N(C)C2CN(C3CCNCC3)C2)cc1Cl. The van der Waals surface area contributed by atoms with Crippen molar-refractivity contribution in [2.24, 2.45) is 0 Å². The molecule has 0 radical (unpaired) electrons. The molecule has 1 N–H and O–H groups in total. The molecule has 2 aliphatic heterocycles. The Morgan fingerprint density at radius 1 is 1.21 bits per heavy atom. The van der Waals surface area contributed by atoms with Crippen LogP contribution in [0.2, 0.25) is 5.02 Å². The summed E-state index contributed by atoms with van der Waals surface area (Å²) in [6.45, 7) is 4.49. The maximum absolute atomic E-state index is 12.1. The first-order valence-corrected chi connectivity index (χ1v) is 9.04. The largest absolute Gasteiger partial charge is 0.369 e. The third-order valence-electron chi connectivity index (χ3n) is 5.26. The summed E-state index contributed by atoms with van der Waals surface area (Å²) in [6.07, 6.45) is 2.51. The molecule has 5 nitrogen and oxygen atoms in total. The highest BCUT2D eigenvalue weighted by Crippen LogP contribution is 2.29. The molecule has 2 saturated heterocycles. The van der Waals surface area contributed by atoms with E-state index in [0.29, 0.717) is 16.6 Å². The molecule has 1 aromatic carbocycles. The molecule has 3 rings (SSSR count). The van der Waals surface area contributed by atoms with E-state index >= 15 is 0 Å². The van der Waals surface area contributed by atoms with Gasteiger partial charge in [-0.05, 0) is 44.1 Å². The maximum atomic E-state index is 12.1. The molecule has 2 fully saturated rings. The molecule has 24 heavy (non-hydrogen) atoms. The van der Waals surface area contributed by atoms with Gasteiger partial charge in [-0.2, -0.15) is 0 Å². The standard InChI is InChI=1S/C18H27ClN4O/c1-21(2)18(24)16-5-4-14(10-17(16)19)22(3)15-11-23(12-15)13-6-8-20-9-7-13/h4-5,10,13,15,20H,6-9,11-12H2,1-3H3. The first-order chi connectivity index (χ1) is 11.5. The first-order valence-electron chi connectivity index (χ1n) is 8.66. The fraction of sp³-hybridized carbons (Fsp3) is 0.611. The minimum absolute atomic E-state index is 0.0602. The Labute approximate surface area is 149 Å². The average molecular weight is 351 g/mol. The third-order valence-corrected chi connectivity index (χ3v) is 5.57. The van der Waals surface area contributed by atoms with Crippen molar-refractivity contribution in [1.82, 2.24) is 15.1 Å². The van der Waals surface area contributed by atoms with Gasteiger partial charge in [0.05, 0.1) is 16.6 Å². The predicted molar refractivity (Wildman–Crippen MR) is 99.1 cm³/mol. The van der Waals surface area contributed by atoms with Crippen molar-refractivity contribution in [3.05, 3.63) is 28.8 Å². The lowest BCUT2D eigenvalue weighted by Crippen LogP contribution is -2.62. The van der Waals surface area contributed by atoms with Crippen molar-refractivity contribution in [1.29, 1.82) is 0 Å². The minimum atomic E-state index is -0.0602. The van der Waals surface area contributed by atoms with Crippen molar-refractivity contribution in [2.45, 2.75) is 24.9 Å². The van der Waals surface area contributed by atoms with E-state index in [4.69, 9.17) is 11.6 Å². The van der Waals surface area contributed by atoms with Crippen LogP contribution in [0.5, 0.6) is 0 Å². The number of benzene rings is 1. The second-order valence-corrected chi connectivity index (χ2v) is 7.47. The number of rotatable bonds is 4. The van der Waals surface area contributed by atoms with Crippen molar-refractivity contribution < 1.29 is 4.79 Å². The zero-order chi connectivity index (χ0) is 17.3. The van der Waals surface area contributed by atoms with E-state index in [1.54, 1.807) is 19.0 Å². The molecule has 0 aromatic heterocycles. The summed E-state index contributed by atoms with van der Waals surface area (Å²) < 4.78 is 0. The summed E-state index contributed by atoms with van der Waals surface area (Å²) in [4.78, 5) is 18.5. The average Bonchev–Trinajstić information content (AvgIpc) is 2.53. The molecule has 0 bridgehead atoms. The van der Waals surface area contributed by atoms with E-state index in [1.165, 1.54) is 12.8 Å². The van der Waals surface area contributed by atoms with Crippen LogP contribution in [0.25, 0.3) is 0 Å². The van der Waals surface area contributed by atoms with Crippen LogP contribution < -0.4 is 10.2 Å². The smallest absolute Gasteiger partial charge is 0.254 e. The monoisotopic (exact) mass is 350 g/mol. The number of hydrogen-bond acceptors (Lipinski definition) is 4. The molecule has 2 aliphatic rings. The summed E-state index contributed by atoms with van der Waals surface area (Å²) in [5.41, 5.74) is 1.63. The van der Waals surface area contributed by atoms with Gasteiger partial charge in [-0.15, -0.1) is 0 Å². The first kappa shape index (κ1) is 17.5. The highest BCUT2D eigenvalue weighted by atomic mass is 35.5. The van der Waals surface area contributed by atoms with Gasteiger partial charge in [-0.25, -0.2) is 0 Å². The number of carbonyl (C=O) groups excluding carboxylic acids is 1. The van der Waals surface area contributed by atoms with Crippen LogP contribution in [0.3, 0.4) is 0 Å². The highest BCUT2D eigenvalue weighted by Gasteiger charge is 2.35. The topological polar surface area (TPSA) is 38.8 Å². The number of hydrogen-bond donors (Lipinski definition) is 1. The second kappa shape index (κ2) is 7.30. The van der Waals surface area contributed by atoms with Crippen LogP contribution in [0.15, 0.2) is 18.2 Å². The van der Waals surface area contributed by atoms with Gasteiger partial charge in [0.25, 0.3) is 5.91 Å². The van der Waals surface area contributed by atoms with Gasteiger partial charge in [0, 0.05) is 46.0 Å². The Balaban J connectivity index is 1.61. The minimum Gasteiger partial charge on any atom is -0.369 e. The third kappa shape index (κ3) is 3.53. The Hall–Kier alpha value is -1.30. The van der Waals surface area contributed by atoms with Crippen LogP contribution in [0.4, 0.5) is 5.69 Å². The molecule has 1 amide bonds. The zero-order valence-corrected chi connectivity index (χ0v) is 15.5. The van der Waals surface area contributed by atoms with Gasteiger partial charge in [0.15, 0.2) is 0 Å². The summed E-state index contributed by atoms with van der Waals surface area (Å²) in [5, 5.41) is 3.94. The quantitative estimate of drug-likeness (QED) is 0.900. The molecule has 0 spiro atoms. The second-order valence-electron chi connectivity index (χ2n) is 7.06. The lowest BCUT2D eigenvalue weighted by atomic mass is 9.97. The summed E-state index contributed by atoms with van der Waals surface area (Å²) in [6, 6.07) is 6.99. The van der Waals surface area contributed by atoms with E-state index < -0.39 is 0 Å². The van der Waals surface area contributed by atoms with Gasteiger partial charge in [0.1, 0.15) is 0 Å². The van der Waals surface area contributed by atoms with Gasteiger partial charge in [-0.3, -0.25) is 9.69 Å². The van der Waals surface area contributed by atoms with Crippen LogP contribution in [-0.2, 0) is 0 Å². The fourth-order valence-electron chi connectivity index (χ4n) is 3.55. The Kier molecular flexibility index (Phi) is 5.33. The van der Waals surface area contributed by atoms with Crippen LogP contribution in [-0.4, -0.2) is 75.1 Å². The molecule has 132 valence electrons. The number of likely N-dealkylation sites (N-methyl/N-ethyl adjacent to an activating group) is 1. The number of halogens is 1. The number of amides is 1. The molecule has 2 heterocycles. The van der Waals surface area contributed by atoms with Gasteiger partial charge >= 0.3 is 0 Å². The number of anilines is 1. The number of nitrogens with zero attached hydrogens (tertiary/aromatic N) is 3. The van der Waals surface area contributed by atoms with Crippen molar-refractivity contribution in [3.8, 4) is 0 Å². The van der Waals surface area contributed by atoms with E-state index in [-0.39, 0.29) is 5.91 Å². The number of carbonyl (C=O) groups is 1. The molecular formula is C18H27ClN4O. The van der Waals surface area contributed by atoms with Crippen LogP contribution >= 0.6 is 11.6 Å². The molecular weight excluding hydrogens is 324 g/mol. The van der Waals surface area contributed by atoms with Crippen molar-refractivity contribution in [2.75, 3.05) is 52.2 Å². The van der Waals surface area contributed by atoms with Gasteiger partial charge < -0.3 is 15.1 Å². The summed E-state index contributed by atoms with van der Waals surface area (Å²) >= 11 is 6.34. The van der Waals surface area contributed by atoms with E-state index in [9.17, 15) is 4.79 Å². The van der Waals surface area contributed by atoms with Crippen LogP contribution in [0.1, 0.15) is 23.2 Å². The van der Waals surface area contributed by atoms with Crippen LogP contribution in [0, 0.1) is 0 Å². The fourth-order valence-corrected chi connectivity index (χ4v) is 3.81. The predicted octanol–water partition coefficient (Wildman–Crippen LogP) is 1.91. The Morgan fingerprint density at radius 3 is 2.46 bits per heavy atom. The van der Waals surface area contributed by atoms with E-state index in [2.05, 4.69) is 22.2 Å². The molecule has 0 atom stereocenters. The van der Waals surface area contributed by atoms with Gasteiger partial charge in [0.2, 0.25) is 0 Å². The lowest BCUT2D eigenvalue weighted by Gasteiger charge is -2.49. The number of nitrogens with one attached hydrogen (secondary N) is 1. The van der Waals surface area contributed by atoms with Crippen molar-refractivity contribution >= 4 is 23.2 Å². The summed E-state index contributed by atoms with van der Waals surface area (Å²) in [5.74, 6) is -0.0602. The van der Waals surface area contributed by atoms with E-state index in [1.807, 2.05) is 18.2 Å².